The molecule has 0 spiro atoms. The molecule has 1 aliphatic heterocycles. The highest BCUT2D eigenvalue weighted by Crippen LogP contribution is 2.31. The van der Waals surface area contributed by atoms with Crippen molar-refractivity contribution in [2.75, 3.05) is 13.1 Å². The summed E-state index contributed by atoms with van der Waals surface area (Å²) in [6.07, 6.45) is 1.16. The Morgan fingerprint density at radius 2 is 1.95 bits per heavy atom. The van der Waals surface area contributed by atoms with Gasteiger partial charge < -0.3 is 4.90 Å². The van der Waals surface area contributed by atoms with Crippen molar-refractivity contribution in [1.82, 2.24) is 4.90 Å². The summed E-state index contributed by atoms with van der Waals surface area (Å²) in [6.45, 7) is 5.92. The highest BCUT2D eigenvalue weighted by molar-refractivity contribution is 7.20. The van der Waals surface area contributed by atoms with Gasteiger partial charge in [-0.05, 0) is 30.4 Å². The summed E-state index contributed by atoms with van der Waals surface area (Å²) in [5.74, 6) is 1.08. The number of nitro benzene ring substituents is 1. The van der Waals surface area contributed by atoms with E-state index in [0.29, 0.717) is 16.7 Å². The first-order valence-electron chi connectivity index (χ1n) is 7.41. The standard InChI is InChI=1S/C16H18N2O3S/c1-10-5-11(2)9-17(8-10)16(19)15-7-12-6-13(18(20)21)3-4-14(12)22-15/h3-4,6-7,10-11H,5,8-9H2,1-2H3/t10-,11-/m1/s1. The lowest BCUT2D eigenvalue weighted by Gasteiger charge is -2.34. The highest BCUT2D eigenvalue weighted by atomic mass is 32.1. The van der Waals surface area contributed by atoms with E-state index in [4.69, 9.17) is 0 Å². The van der Waals surface area contributed by atoms with Crippen LogP contribution >= 0.6 is 11.3 Å². The molecule has 6 heteroatoms. The van der Waals surface area contributed by atoms with Crippen LogP contribution in [0.15, 0.2) is 24.3 Å². The molecule has 22 heavy (non-hydrogen) atoms. The number of likely N-dealkylation sites (tertiary alicyclic amines) is 1. The third-order valence-corrected chi connectivity index (χ3v) is 5.18. The second-order valence-electron chi connectivity index (χ2n) is 6.25. The highest BCUT2D eigenvalue weighted by Gasteiger charge is 2.27. The fraction of sp³-hybridized carbons (Fsp3) is 0.438. The van der Waals surface area contributed by atoms with Gasteiger partial charge in [-0.1, -0.05) is 13.8 Å². The number of hydrogen-bond acceptors (Lipinski definition) is 4. The Hall–Kier alpha value is -1.95. The normalized spacial score (nSPS) is 22.0. The second-order valence-corrected chi connectivity index (χ2v) is 7.33. The first-order chi connectivity index (χ1) is 10.4. The smallest absolute Gasteiger partial charge is 0.270 e. The maximum absolute atomic E-state index is 12.7. The summed E-state index contributed by atoms with van der Waals surface area (Å²) >= 11 is 1.41. The van der Waals surface area contributed by atoms with Crippen LogP contribution in [-0.2, 0) is 0 Å². The number of nitro groups is 1. The average Bonchev–Trinajstić information content (AvgIpc) is 2.88. The van der Waals surface area contributed by atoms with Gasteiger partial charge in [0.2, 0.25) is 0 Å². The Labute approximate surface area is 132 Å². The van der Waals surface area contributed by atoms with Crippen molar-refractivity contribution >= 4 is 33.0 Å². The van der Waals surface area contributed by atoms with E-state index in [1.54, 1.807) is 12.1 Å². The largest absolute Gasteiger partial charge is 0.337 e. The van der Waals surface area contributed by atoms with E-state index in [1.807, 2.05) is 4.90 Å². The van der Waals surface area contributed by atoms with Crippen LogP contribution in [0.5, 0.6) is 0 Å². The van der Waals surface area contributed by atoms with Crippen LogP contribution in [0.1, 0.15) is 29.9 Å². The minimum atomic E-state index is -0.410. The molecule has 1 aromatic heterocycles. The average molecular weight is 318 g/mol. The maximum atomic E-state index is 12.7. The molecule has 116 valence electrons. The van der Waals surface area contributed by atoms with E-state index in [0.717, 1.165) is 29.6 Å². The number of non-ortho nitro benzene ring substituents is 1. The zero-order chi connectivity index (χ0) is 15.9. The van der Waals surface area contributed by atoms with Gasteiger partial charge >= 0.3 is 0 Å². The zero-order valence-electron chi connectivity index (χ0n) is 12.6. The van der Waals surface area contributed by atoms with Crippen molar-refractivity contribution in [1.29, 1.82) is 0 Å². The van der Waals surface area contributed by atoms with E-state index in [2.05, 4.69) is 13.8 Å². The summed E-state index contributed by atoms with van der Waals surface area (Å²) in [7, 11) is 0. The van der Waals surface area contributed by atoms with E-state index in [9.17, 15) is 14.9 Å². The molecular weight excluding hydrogens is 300 g/mol. The molecule has 0 unspecified atom stereocenters. The van der Waals surface area contributed by atoms with Crippen LogP contribution in [0.25, 0.3) is 10.1 Å². The van der Waals surface area contributed by atoms with Crippen LogP contribution in [0.4, 0.5) is 5.69 Å². The van der Waals surface area contributed by atoms with Crippen LogP contribution < -0.4 is 0 Å². The quantitative estimate of drug-likeness (QED) is 0.622. The first kappa shape index (κ1) is 15.0. The lowest BCUT2D eigenvalue weighted by atomic mass is 9.92. The van der Waals surface area contributed by atoms with Gasteiger partial charge in [-0.2, -0.15) is 0 Å². The number of piperidine rings is 1. The van der Waals surface area contributed by atoms with Crippen LogP contribution in [0.3, 0.4) is 0 Å². The summed E-state index contributed by atoms with van der Waals surface area (Å²) < 4.78 is 0.909. The fourth-order valence-electron chi connectivity index (χ4n) is 3.23. The van der Waals surface area contributed by atoms with Crippen molar-refractivity contribution in [3.05, 3.63) is 39.3 Å². The van der Waals surface area contributed by atoms with E-state index in [-0.39, 0.29) is 11.6 Å². The minimum Gasteiger partial charge on any atom is -0.337 e. The third kappa shape index (κ3) is 2.83. The number of amides is 1. The number of carbonyl (C=O) groups is 1. The van der Waals surface area contributed by atoms with Crippen LogP contribution in [0.2, 0.25) is 0 Å². The summed E-state index contributed by atoms with van der Waals surface area (Å²) in [5, 5.41) is 11.6. The lowest BCUT2D eigenvalue weighted by Crippen LogP contribution is -2.42. The molecule has 1 fully saturated rings. The number of thiophene rings is 1. The van der Waals surface area contributed by atoms with E-state index in [1.165, 1.54) is 23.5 Å². The fourth-order valence-corrected chi connectivity index (χ4v) is 4.25. The Bertz CT molecular complexity index is 730. The molecule has 3 rings (SSSR count). The summed E-state index contributed by atoms with van der Waals surface area (Å²) in [5.41, 5.74) is 0.0597. The van der Waals surface area contributed by atoms with Gasteiger partial charge in [0.15, 0.2) is 0 Å². The molecular formula is C16H18N2O3S. The predicted octanol–water partition coefficient (Wildman–Crippen LogP) is 3.93. The first-order valence-corrected chi connectivity index (χ1v) is 8.23. The van der Waals surface area contributed by atoms with Crippen molar-refractivity contribution in [2.24, 2.45) is 11.8 Å². The number of hydrogen-bond donors (Lipinski definition) is 0. The van der Waals surface area contributed by atoms with Crippen molar-refractivity contribution in [3.63, 3.8) is 0 Å². The third-order valence-electron chi connectivity index (χ3n) is 4.08. The topological polar surface area (TPSA) is 63.5 Å². The van der Waals surface area contributed by atoms with E-state index >= 15 is 0 Å². The molecule has 5 nitrogen and oxygen atoms in total. The number of carbonyl (C=O) groups excluding carboxylic acids is 1. The zero-order valence-corrected chi connectivity index (χ0v) is 13.4. The number of benzene rings is 1. The SMILES string of the molecule is C[C@@H]1C[C@@H](C)CN(C(=O)c2cc3cc([N+](=O)[O-])ccc3s2)C1. The molecule has 0 bridgehead atoms. The van der Waals surface area contributed by atoms with Crippen molar-refractivity contribution < 1.29 is 9.72 Å². The van der Waals surface area contributed by atoms with Crippen molar-refractivity contribution in [3.8, 4) is 0 Å². The molecule has 2 heterocycles. The predicted molar refractivity (Wildman–Crippen MR) is 87.3 cm³/mol. The molecule has 1 aliphatic rings. The Morgan fingerprint density at radius 3 is 2.59 bits per heavy atom. The molecule has 1 aromatic carbocycles. The van der Waals surface area contributed by atoms with Gasteiger partial charge in [0, 0.05) is 35.3 Å². The second kappa shape index (κ2) is 5.68. The molecule has 2 atom stereocenters. The molecule has 0 aliphatic carbocycles. The molecule has 1 amide bonds. The number of nitrogens with zero attached hydrogens (tertiary/aromatic N) is 2. The Kier molecular flexibility index (Phi) is 3.87. The van der Waals surface area contributed by atoms with Gasteiger partial charge in [0.25, 0.3) is 11.6 Å². The minimum absolute atomic E-state index is 0.0438. The monoisotopic (exact) mass is 318 g/mol. The summed E-state index contributed by atoms with van der Waals surface area (Å²) in [4.78, 5) is 25.7. The maximum Gasteiger partial charge on any atom is 0.270 e. The van der Waals surface area contributed by atoms with Crippen molar-refractivity contribution in [2.45, 2.75) is 20.3 Å². The molecule has 2 aromatic rings. The summed E-state index contributed by atoms with van der Waals surface area (Å²) in [6, 6.07) is 6.51. The van der Waals surface area contributed by atoms with Gasteiger partial charge in [-0.3, -0.25) is 14.9 Å². The van der Waals surface area contributed by atoms with Crippen LogP contribution in [-0.4, -0.2) is 28.8 Å². The lowest BCUT2D eigenvalue weighted by molar-refractivity contribution is -0.384. The van der Waals surface area contributed by atoms with E-state index < -0.39 is 4.92 Å². The van der Waals surface area contributed by atoms with Gasteiger partial charge in [0.1, 0.15) is 0 Å². The number of rotatable bonds is 2. The molecule has 0 saturated carbocycles. The molecule has 0 radical (unpaired) electrons. The Morgan fingerprint density at radius 1 is 1.27 bits per heavy atom. The Balaban J connectivity index is 1.89. The van der Waals surface area contributed by atoms with Gasteiger partial charge in [0.05, 0.1) is 9.80 Å². The number of fused-ring (bicyclic) bond motifs is 1. The molecule has 1 saturated heterocycles. The van der Waals surface area contributed by atoms with Crippen LogP contribution in [0, 0.1) is 22.0 Å². The van der Waals surface area contributed by atoms with Gasteiger partial charge in [-0.15, -0.1) is 11.3 Å². The molecule has 0 N–H and O–H groups in total. The van der Waals surface area contributed by atoms with Gasteiger partial charge in [-0.25, -0.2) is 0 Å².